The van der Waals surface area contributed by atoms with Crippen molar-refractivity contribution in [3.8, 4) is 11.5 Å². The monoisotopic (exact) mass is 400 g/mol. The Morgan fingerprint density at radius 1 is 0.600 bits per heavy atom. The highest BCUT2D eigenvalue weighted by molar-refractivity contribution is 5.54. The fraction of sp³-hybridized carbons (Fsp3) is 0.462. The van der Waals surface area contributed by atoms with Crippen LogP contribution in [0.15, 0.2) is 60.7 Å². The van der Waals surface area contributed by atoms with E-state index in [1.807, 2.05) is 24.3 Å². The lowest BCUT2D eigenvalue weighted by Gasteiger charge is -2.63. The van der Waals surface area contributed by atoms with Gasteiger partial charge in [0.1, 0.15) is 11.5 Å². The molecule has 2 aromatic carbocycles. The molecule has 0 aromatic heterocycles. The van der Waals surface area contributed by atoms with E-state index in [2.05, 4.69) is 34.1 Å². The highest BCUT2D eigenvalue weighted by Gasteiger charge is 2.66. The van der Waals surface area contributed by atoms with E-state index < -0.39 is 0 Å². The molecular weight excluding hydrogens is 372 g/mol. The molecule has 2 aliphatic heterocycles. The van der Waals surface area contributed by atoms with E-state index in [-0.39, 0.29) is 0 Å². The molecule has 4 aliphatic carbocycles. The van der Waals surface area contributed by atoms with Crippen molar-refractivity contribution < 1.29 is 10.2 Å². The molecule has 2 aromatic rings. The quantitative estimate of drug-likeness (QED) is 0.749. The van der Waals surface area contributed by atoms with Gasteiger partial charge in [0.2, 0.25) is 0 Å². The fourth-order valence-corrected chi connectivity index (χ4v) is 8.02. The molecule has 0 spiro atoms. The first kappa shape index (κ1) is 17.1. The highest BCUT2D eigenvalue weighted by Crippen LogP contribution is 2.67. The summed E-state index contributed by atoms with van der Waals surface area (Å²) in [5.41, 5.74) is 2.35. The topological polar surface area (TPSA) is 46.9 Å². The molecule has 4 fully saturated rings. The van der Waals surface area contributed by atoms with Gasteiger partial charge in [0.15, 0.2) is 0 Å². The van der Waals surface area contributed by atoms with Crippen LogP contribution < -0.4 is 9.80 Å². The molecule has 4 nitrogen and oxygen atoms in total. The molecule has 2 N–H and O–H groups in total. The van der Waals surface area contributed by atoms with E-state index in [1.165, 1.54) is 11.4 Å². The molecule has 0 amide bonds. The van der Waals surface area contributed by atoms with Crippen molar-refractivity contribution in [3.05, 3.63) is 60.7 Å². The van der Waals surface area contributed by atoms with E-state index >= 15 is 0 Å². The zero-order valence-corrected chi connectivity index (χ0v) is 17.0. The SMILES string of the molecule is Oc1cccc(N2CC3C4C=CC(C3C2)C2C3CN(c5cccc(O)c5)CC3C42)c1. The Morgan fingerprint density at radius 2 is 1.03 bits per heavy atom. The molecule has 2 saturated carbocycles. The number of benzene rings is 2. The Bertz CT molecular complexity index is 999. The van der Waals surface area contributed by atoms with Crippen LogP contribution in [0.4, 0.5) is 11.4 Å². The third-order valence-corrected chi connectivity index (χ3v) is 9.08. The van der Waals surface area contributed by atoms with E-state index in [9.17, 15) is 10.2 Å². The zero-order valence-electron chi connectivity index (χ0n) is 17.0. The van der Waals surface area contributed by atoms with Crippen LogP contribution in [-0.2, 0) is 0 Å². The molecule has 8 unspecified atom stereocenters. The average Bonchev–Trinajstić information content (AvgIpc) is 3.35. The Balaban J connectivity index is 1.14. The standard InChI is InChI=1S/C26H28N2O2/c29-17-5-1-3-15(9-17)27-11-21-19-7-8-20(22(21)12-27)26-24-14-28(13-23(24)25(19)26)16-4-2-6-18(30)10-16/h1-10,19-26,29-30H,11-14H2. The van der Waals surface area contributed by atoms with Crippen LogP contribution in [-0.4, -0.2) is 36.4 Å². The Morgan fingerprint density at radius 3 is 1.47 bits per heavy atom. The van der Waals surface area contributed by atoms with Gasteiger partial charge in [0, 0.05) is 49.7 Å². The average molecular weight is 401 g/mol. The maximum absolute atomic E-state index is 9.93. The van der Waals surface area contributed by atoms with E-state index in [0.717, 1.165) is 61.7 Å². The van der Waals surface area contributed by atoms with Gasteiger partial charge in [-0.25, -0.2) is 0 Å². The summed E-state index contributed by atoms with van der Waals surface area (Å²) in [6, 6.07) is 15.6. The molecule has 6 aliphatic rings. The summed E-state index contributed by atoms with van der Waals surface area (Å²) >= 11 is 0. The maximum atomic E-state index is 9.93. The largest absolute Gasteiger partial charge is 0.508 e. The van der Waals surface area contributed by atoms with Crippen LogP contribution in [0.25, 0.3) is 0 Å². The van der Waals surface area contributed by atoms with Gasteiger partial charge in [-0.05, 0) is 71.6 Å². The molecule has 2 bridgehead atoms. The van der Waals surface area contributed by atoms with Crippen LogP contribution in [0.2, 0.25) is 0 Å². The van der Waals surface area contributed by atoms with Crippen molar-refractivity contribution in [2.24, 2.45) is 47.3 Å². The zero-order chi connectivity index (χ0) is 20.0. The van der Waals surface area contributed by atoms with Crippen LogP contribution >= 0.6 is 0 Å². The number of anilines is 2. The lowest BCUT2D eigenvalue weighted by molar-refractivity contribution is -0.119. The van der Waals surface area contributed by atoms with Gasteiger partial charge in [0.25, 0.3) is 0 Å². The molecule has 2 heterocycles. The van der Waals surface area contributed by atoms with Gasteiger partial charge in [-0.15, -0.1) is 0 Å². The number of aromatic hydroxyl groups is 2. The van der Waals surface area contributed by atoms with Gasteiger partial charge < -0.3 is 20.0 Å². The summed E-state index contributed by atoms with van der Waals surface area (Å²) in [6.45, 7) is 4.52. The number of fused-ring (bicyclic) bond motifs is 1. The number of phenolic OH excluding ortho intramolecular Hbond substituents is 2. The summed E-state index contributed by atoms with van der Waals surface area (Å²) in [5.74, 6) is 6.90. The van der Waals surface area contributed by atoms with Crippen molar-refractivity contribution in [2.75, 3.05) is 36.0 Å². The van der Waals surface area contributed by atoms with Gasteiger partial charge >= 0.3 is 0 Å². The number of phenols is 2. The van der Waals surface area contributed by atoms with Crippen molar-refractivity contribution in [1.29, 1.82) is 0 Å². The molecule has 8 rings (SSSR count). The fourth-order valence-electron chi connectivity index (χ4n) is 8.02. The minimum Gasteiger partial charge on any atom is -0.508 e. The minimum atomic E-state index is 0.366. The van der Waals surface area contributed by atoms with Crippen LogP contribution in [0, 0.1) is 47.3 Å². The molecule has 30 heavy (non-hydrogen) atoms. The predicted octanol–water partition coefficient (Wildman–Crippen LogP) is 3.96. The molecule has 2 saturated heterocycles. The Labute approximate surface area is 177 Å². The number of allylic oxidation sites excluding steroid dienone is 2. The number of hydrogen-bond donors (Lipinski definition) is 2. The first-order valence-electron chi connectivity index (χ1n) is 11.4. The summed E-state index contributed by atoms with van der Waals surface area (Å²) in [6.07, 6.45) is 5.12. The van der Waals surface area contributed by atoms with Gasteiger partial charge in [-0.2, -0.15) is 0 Å². The smallest absolute Gasteiger partial charge is 0.117 e. The van der Waals surface area contributed by atoms with E-state index in [1.54, 1.807) is 12.1 Å². The van der Waals surface area contributed by atoms with Gasteiger partial charge in [-0.3, -0.25) is 0 Å². The van der Waals surface area contributed by atoms with E-state index in [4.69, 9.17) is 0 Å². The highest BCUT2D eigenvalue weighted by atomic mass is 16.3. The Hall–Kier alpha value is -2.62. The van der Waals surface area contributed by atoms with Crippen molar-refractivity contribution in [2.45, 2.75) is 0 Å². The second kappa shape index (κ2) is 5.96. The van der Waals surface area contributed by atoms with Crippen molar-refractivity contribution in [1.82, 2.24) is 0 Å². The summed E-state index contributed by atoms with van der Waals surface area (Å²) in [7, 11) is 0. The number of hydrogen-bond acceptors (Lipinski definition) is 4. The second-order valence-electron chi connectivity index (χ2n) is 10.2. The summed E-state index contributed by atoms with van der Waals surface area (Å²) in [4.78, 5) is 5.03. The minimum absolute atomic E-state index is 0.366. The lowest BCUT2D eigenvalue weighted by Crippen LogP contribution is -2.61. The third kappa shape index (κ3) is 2.22. The maximum Gasteiger partial charge on any atom is 0.117 e. The van der Waals surface area contributed by atoms with Crippen LogP contribution in [0.3, 0.4) is 0 Å². The van der Waals surface area contributed by atoms with Crippen molar-refractivity contribution >= 4 is 11.4 Å². The van der Waals surface area contributed by atoms with Gasteiger partial charge in [0.05, 0.1) is 0 Å². The third-order valence-electron chi connectivity index (χ3n) is 9.08. The molecule has 4 heteroatoms. The van der Waals surface area contributed by atoms with Gasteiger partial charge in [-0.1, -0.05) is 24.3 Å². The first-order valence-corrected chi connectivity index (χ1v) is 11.4. The molecular formula is C26H28N2O2. The van der Waals surface area contributed by atoms with Crippen LogP contribution in [0.1, 0.15) is 0 Å². The lowest BCUT2D eigenvalue weighted by atomic mass is 9.40. The summed E-state index contributed by atoms with van der Waals surface area (Å²) < 4.78 is 0. The Kier molecular flexibility index (Phi) is 3.40. The van der Waals surface area contributed by atoms with Crippen molar-refractivity contribution in [3.63, 3.8) is 0 Å². The number of nitrogens with zero attached hydrogens (tertiary/aromatic N) is 2. The first-order chi connectivity index (χ1) is 14.7. The second-order valence-corrected chi connectivity index (χ2v) is 10.2. The summed E-state index contributed by atoms with van der Waals surface area (Å²) in [5, 5.41) is 19.8. The molecule has 0 radical (unpaired) electrons. The normalized spacial score (nSPS) is 40.1. The predicted molar refractivity (Wildman–Crippen MR) is 118 cm³/mol. The van der Waals surface area contributed by atoms with Crippen LogP contribution in [0.5, 0.6) is 11.5 Å². The molecule has 154 valence electrons. The van der Waals surface area contributed by atoms with E-state index in [0.29, 0.717) is 23.3 Å². The number of rotatable bonds is 2. The molecule has 8 atom stereocenters.